The van der Waals surface area contributed by atoms with E-state index in [1.54, 1.807) is 6.92 Å². The summed E-state index contributed by atoms with van der Waals surface area (Å²) in [5, 5.41) is 0. The minimum absolute atomic E-state index is 0.0345. The number of hydrogen-bond acceptors (Lipinski definition) is 3. The van der Waals surface area contributed by atoms with E-state index in [0.717, 1.165) is 18.9 Å². The summed E-state index contributed by atoms with van der Waals surface area (Å²) in [6.45, 7) is 1.58. The van der Waals surface area contributed by atoms with Crippen LogP contribution in [0.15, 0.2) is 18.2 Å². The van der Waals surface area contributed by atoms with Gasteiger partial charge in [-0.1, -0.05) is 0 Å². The van der Waals surface area contributed by atoms with Crippen LogP contribution in [0.4, 0.5) is 4.39 Å². The molecule has 0 spiro atoms. The normalized spacial score (nSPS) is 22.8. The van der Waals surface area contributed by atoms with Crippen LogP contribution in [-0.4, -0.2) is 18.2 Å². The zero-order valence-electron chi connectivity index (χ0n) is 10.2. The third kappa shape index (κ3) is 2.75. The van der Waals surface area contributed by atoms with E-state index in [1.807, 2.05) is 0 Å². The molecule has 1 aliphatic carbocycles. The molecule has 0 aliphatic heterocycles. The van der Waals surface area contributed by atoms with Crippen LogP contribution in [0.25, 0.3) is 0 Å². The van der Waals surface area contributed by atoms with Crippen molar-refractivity contribution < 1.29 is 18.7 Å². The molecule has 0 saturated heterocycles. The molecular formula is C14H15FO3. The molecule has 0 unspecified atom stereocenters. The molecule has 4 heteroatoms. The zero-order chi connectivity index (χ0) is 13.1. The first-order valence-electron chi connectivity index (χ1n) is 6.02. The summed E-state index contributed by atoms with van der Waals surface area (Å²) in [5.74, 6) is -0.189. The monoisotopic (exact) mass is 250 g/mol. The lowest BCUT2D eigenvalue weighted by Gasteiger charge is -2.14. The first-order valence-corrected chi connectivity index (χ1v) is 6.02. The molecule has 0 amide bonds. The number of rotatable bonds is 4. The topological polar surface area (TPSA) is 43.4 Å². The second-order valence-electron chi connectivity index (χ2n) is 4.67. The number of carbonyl (C=O) groups is 2. The predicted octanol–water partition coefficient (Wildman–Crippen LogP) is 2.77. The Labute approximate surface area is 105 Å². The summed E-state index contributed by atoms with van der Waals surface area (Å²) in [6, 6.07) is 4.13. The van der Waals surface area contributed by atoms with Crippen molar-refractivity contribution in [3.8, 4) is 5.75 Å². The van der Waals surface area contributed by atoms with Gasteiger partial charge >= 0.3 is 0 Å². The van der Waals surface area contributed by atoms with Crippen molar-refractivity contribution in [2.75, 3.05) is 0 Å². The molecule has 0 radical (unpaired) electrons. The molecule has 3 nitrogen and oxygen atoms in total. The van der Waals surface area contributed by atoms with Crippen LogP contribution >= 0.6 is 0 Å². The number of halogens is 1. The van der Waals surface area contributed by atoms with Gasteiger partial charge in [0.05, 0.1) is 6.10 Å². The van der Waals surface area contributed by atoms with E-state index in [4.69, 9.17) is 4.74 Å². The minimum atomic E-state index is -0.536. The maximum Gasteiger partial charge on any atom is 0.165 e. The molecule has 2 rings (SSSR count). The SMILES string of the molecule is CC(=O)[C@@H]1CC[C@H](Oc2ccc(C=O)cc2F)C1. The highest BCUT2D eigenvalue weighted by atomic mass is 19.1. The molecule has 96 valence electrons. The van der Waals surface area contributed by atoms with Crippen molar-refractivity contribution in [3.05, 3.63) is 29.6 Å². The van der Waals surface area contributed by atoms with Crippen LogP contribution in [-0.2, 0) is 4.79 Å². The second kappa shape index (κ2) is 5.29. The van der Waals surface area contributed by atoms with Gasteiger partial charge in [-0.15, -0.1) is 0 Å². The summed E-state index contributed by atoms with van der Waals surface area (Å²) in [4.78, 5) is 21.7. The largest absolute Gasteiger partial charge is 0.487 e. The van der Waals surface area contributed by atoms with E-state index in [2.05, 4.69) is 0 Å². The van der Waals surface area contributed by atoms with E-state index >= 15 is 0 Å². The Kier molecular flexibility index (Phi) is 3.75. The Bertz CT molecular complexity index is 470. The van der Waals surface area contributed by atoms with E-state index < -0.39 is 5.82 Å². The number of carbonyl (C=O) groups excluding carboxylic acids is 2. The maximum absolute atomic E-state index is 13.6. The van der Waals surface area contributed by atoms with Crippen LogP contribution in [0.3, 0.4) is 0 Å². The van der Waals surface area contributed by atoms with Crippen molar-refractivity contribution >= 4 is 12.1 Å². The number of hydrogen-bond donors (Lipinski definition) is 0. The highest BCUT2D eigenvalue weighted by Crippen LogP contribution is 2.30. The summed E-state index contributed by atoms with van der Waals surface area (Å²) < 4.78 is 19.1. The van der Waals surface area contributed by atoms with Gasteiger partial charge in [-0.2, -0.15) is 0 Å². The van der Waals surface area contributed by atoms with Gasteiger partial charge in [-0.25, -0.2) is 4.39 Å². The molecule has 0 bridgehead atoms. The first-order chi connectivity index (χ1) is 8.60. The molecular weight excluding hydrogens is 235 g/mol. The molecule has 18 heavy (non-hydrogen) atoms. The Morgan fingerprint density at radius 1 is 1.44 bits per heavy atom. The Morgan fingerprint density at radius 2 is 2.22 bits per heavy atom. The van der Waals surface area contributed by atoms with E-state index in [9.17, 15) is 14.0 Å². The molecule has 1 saturated carbocycles. The number of ether oxygens (including phenoxy) is 1. The van der Waals surface area contributed by atoms with Crippen molar-refractivity contribution in [3.63, 3.8) is 0 Å². The fraction of sp³-hybridized carbons (Fsp3) is 0.429. The smallest absolute Gasteiger partial charge is 0.165 e. The van der Waals surface area contributed by atoms with Crippen LogP contribution in [0.1, 0.15) is 36.5 Å². The standard InChI is InChI=1S/C14H15FO3/c1-9(17)11-3-4-12(7-11)18-14-5-2-10(8-16)6-13(14)15/h2,5-6,8,11-12H,3-4,7H2,1H3/t11-,12+/m1/s1. The van der Waals surface area contributed by atoms with Crippen LogP contribution in [0.5, 0.6) is 5.75 Å². The molecule has 0 heterocycles. The van der Waals surface area contributed by atoms with Crippen LogP contribution < -0.4 is 4.74 Å². The number of aldehydes is 1. The molecule has 1 aromatic carbocycles. The average molecular weight is 250 g/mol. The Morgan fingerprint density at radius 3 is 2.78 bits per heavy atom. The molecule has 2 atom stereocenters. The molecule has 1 aliphatic rings. The highest BCUT2D eigenvalue weighted by Gasteiger charge is 2.29. The van der Waals surface area contributed by atoms with Crippen molar-refractivity contribution in [1.29, 1.82) is 0 Å². The van der Waals surface area contributed by atoms with Gasteiger partial charge in [-0.3, -0.25) is 9.59 Å². The fourth-order valence-electron chi connectivity index (χ4n) is 2.28. The summed E-state index contributed by atoms with van der Waals surface area (Å²) in [5.41, 5.74) is 0.285. The van der Waals surface area contributed by atoms with Gasteiger partial charge in [-0.05, 0) is 44.4 Å². The second-order valence-corrected chi connectivity index (χ2v) is 4.67. The van der Waals surface area contributed by atoms with E-state index in [1.165, 1.54) is 12.1 Å². The van der Waals surface area contributed by atoms with Gasteiger partial charge < -0.3 is 4.74 Å². The predicted molar refractivity (Wildman–Crippen MR) is 64.2 cm³/mol. The van der Waals surface area contributed by atoms with Crippen molar-refractivity contribution in [1.82, 2.24) is 0 Å². The molecule has 0 aromatic heterocycles. The highest BCUT2D eigenvalue weighted by molar-refractivity contribution is 5.78. The molecule has 0 N–H and O–H groups in total. The van der Waals surface area contributed by atoms with E-state index in [0.29, 0.717) is 12.7 Å². The minimum Gasteiger partial charge on any atom is -0.487 e. The number of ketones is 1. The summed E-state index contributed by atoms with van der Waals surface area (Å²) in [6.07, 6.45) is 2.68. The zero-order valence-corrected chi connectivity index (χ0v) is 10.2. The lowest BCUT2D eigenvalue weighted by molar-refractivity contribution is -0.120. The Hall–Kier alpha value is -1.71. The first kappa shape index (κ1) is 12.7. The van der Waals surface area contributed by atoms with Gasteiger partial charge in [0.1, 0.15) is 12.1 Å². The lowest BCUT2D eigenvalue weighted by atomic mass is 10.0. The Balaban J connectivity index is 2.02. The third-order valence-corrected chi connectivity index (χ3v) is 3.35. The molecule has 1 fully saturated rings. The van der Waals surface area contributed by atoms with Gasteiger partial charge in [0.25, 0.3) is 0 Å². The van der Waals surface area contributed by atoms with Crippen LogP contribution in [0.2, 0.25) is 0 Å². The summed E-state index contributed by atoms with van der Waals surface area (Å²) in [7, 11) is 0. The third-order valence-electron chi connectivity index (χ3n) is 3.35. The van der Waals surface area contributed by atoms with Crippen LogP contribution in [0, 0.1) is 11.7 Å². The maximum atomic E-state index is 13.6. The fourth-order valence-corrected chi connectivity index (χ4v) is 2.28. The van der Waals surface area contributed by atoms with Crippen molar-refractivity contribution in [2.45, 2.75) is 32.3 Å². The van der Waals surface area contributed by atoms with Gasteiger partial charge in [0.15, 0.2) is 11.6 Å². The van der Waals surface area contributed by atoms with E-state index in [-0.39, 0.29) is 29.1 Å². The molecule has 1 aromatic rings. The number of benzene rings is 1. The van der Waals surface area contributed by atoms with Crippen molar-refractivity contribution in [2.24, 2.45) is 5.92 Å². The summed E-state index contributed by atoms with van der Waals surface area (Å²) >= 11 is 0. The quantitative estimate of drug-likeness (QED) is 0.772. The average Bonchev–Trinajstić information content (AvgIpc) is 2.80. The number of Topliss-reactive ketones (excluding diaryl/α,β-unsaturated/α-hetero) is 1. The lowest BCUT2D eigenvalue weighted by Crippen LogP contribution is -2.15. The van der Waals surface area contributed by atoms with Gasteiger partial charge in [0.2, 0.25) is 0 Å². The van der Waals surface area contributed by atoms with Gasteiger partial charge in [0, 0.05) is 11.5 Å².